The number of ether oxygens (including phenoxy) is 2. The average Bonchev–Trinajstić information content (AvgIpc) is 2.59. The van der Waals surface area contributed by atoms with Crippen LogP contribution in [0.1, 0.15) is 48.0 Å². The van der Waals surface area contributed by atoms with Crippen molar-refractivity contribution in [3.63, 3.8) is 0 Å². The van der Waals surface area contributed by atoms with Gasteiger partial charge in [-0.15, -0.1) is 0 Å². The van der Waals surface area contributed by atoms with E-state index in [0.29, 0.717) is 29.5 Å². The molecule has 1 atom stereocenters. The molecule has 1 aliphatic carbocycles. The van der Waals surface area contributed by atoms with Crippen LogP contribution in [0.2, 0.25) is 0 Å². The minimum atomic E-state index is -0.0931. The zero-order valence-corrected chi connectivity index (χ0v) is 14.4. The number of nitrogens with one attached hydrogen (secondary N) is 1. The third kappa shape index (κ3) is 4.16. The summed E-state index contributed by atoms with van der Waals surface area (Å²) in [7, 11) is 3.16. The maximum absolute atomic E-state index is 12.7. The highest BCUT2D eigenvalue weighted by molar-refractivity contribution is 5.96. The molecule has 0 heterocycles. The molecule has 1 fully saturated rings. The van der Waals surface area contributed by atoms with Gasteiger partial charge < -0.3 is 20.5 Å². The minimum Gasteiger partial charge on any atom is -0.493 e. The Bertz CT molecular complexity index is 539. The Balaban J connectivity index is 2.15. The maximum Gasteiger partial charge on any atom is 0.251 e. The fourth-order valence-corrected chi connectivity index (χ4v) is 3.38. The molecule has 1 aliphatic rings. The van der Waals surface area contributed by atoms with Crippen molar-refractivity contribution < 1.29 is 14.3 Å². The molecule has 23 heavy (non-hydrogen) atoms. The lowest BCUT2D eigenvalue weighted by molar-refractivity contribution is 0.0914. The average molecular weight is 320 g/mol. The number of hydrogen-bond donors (Lipinski definition) is 2. The Hall–Kier alpha value is -1.75. The van der Waals surface area contributed by atoms with Gasteiger partial charge in [0.15, 0.2) is 11.5 Å². The highest BCUT2D eigenvalue weighted by Gasteiger charge is 2.25. The molecule has 0 saturated heterocycles. The second kappa shape index (κ2) is 8.20. The zero-order valence-electron chi connectivity index (χ0n) is 14.4. The Morgan fingerprint density at radius 3 is 2.39 bits per heavy atom. The van der Waals surface area contributed by atoms with Crippen LogP contribution >= 0.6 is 0 Å². The molecule has 5 nitrogen and oxygen atoms in total. The first-order valence-corrected chi connectivity index (χ1v) is 8.34. The van der Waals surface area contributed by atoms with Crippen molar-refractivity contribution in [1.29, 1.82) is 0 Å². The lowest BCUT2D eigenvalue weighted by atomic mass is 9.83. The van der Waals surface area contributed by atoms with Gasteiger partial charge in [-0.05, 0) is 43.4 Å². The van der Waals surface area contributed by atoms with E-state index >= 15 is 0 Å². The standard InChI is InChI=1S/C18H28N2O3/c1-12-9-16(22-2)17(23-3)10-14(12)18(21)20-15(11-19)13-7-5-4-6-8-13/h9-10,13,15H,4-8,11,19H2,1-3H3,(H,20,21). The van der Waals surface area contributed by atoms with Gasteiger partial charge in [0.2, 0.25) is 0 Å². The van der Waals surface area contributed by atoms with E-state index in [1.165, 1.54) is 19.3 Å². The van der Waals surface area contributed by atoms with E-state index in [0.717, 1.165) is 18.4 Å². The predicted octanol–water partition coefficient (Wildman–Crippen LogP) is 2.65. The van der Waals surface area contributed by atoms with Gasteiger partial charge in [-0.1, -0.05) is 19.3 Å². The van der Waals surface area contributed by atoms with Gasteiger partial charge in [0.05, 0.1) is 14.2 Å². The van der Waals surface area contributed by atoms with Gasteiger partial charge in [0.1, 0.15) is 0 Å². The predicted molar refractivity (Wildman–Crippen MR) is 91.2 cm³/mol. The van der Waals surface area contributed by atoms with Crippen LogP contribution in [-0.2, 0) is 0 Å². The van der Waals surface area contributed by atoms with Crippen molar-refractivity contribution in [2.24, 2.45) is 11.7 Å². The Kier molecular flexibility index (Phi) is 6.28. The molecule has 0 spiro atoms. The van der Waals surface area contributed by atoms with E-state index in [4.69, 9.17) is 15.2 Å². The first kappa shape index (κ1) is 17.6. The third-order valence-electron chi connectivity index (χ3n) is 4.76. The van der Waals surface area contributed by atoms with Crippen molar-refractivity contribution >= 4 is 5.91 Å². The van der Waals surface area contributed by atoms with E-state index in [9.17, 15) is 4.79 Å². The summed E-state index contributed by atoms with van der Waals surface area (Å²) >= 11 is 0. The normalized spacial score (nSPS) is 16.7. The molecule has 1 aromatic rings. The van der Waals surface area contributed by atoms with Gasteiger partial charge in [0, 0.05) is 18.2 Å². The number of benzene rings is 1. The summed E-state index contributed by atoms with van der Waals surface area (Å²) in [6.45, 7) is 2.37. The zero-order chi connectivity index (χ0) is 16.8. The summed E-state index contributed by atoms with van der Waals surface area (Å²) in [5.41, 5.74) is 7.38. The summed E-state index contributed by atoms with van der Waals surface area (Å²) in [6, 6.07) is 3.60. The highest BCUT2D eigenvalue weighted by atomic mass is 16.5. The smallest absolute Gasteiger partial charge is 0.251 e. The van der Waals surface area contributed by atoms with Crippen LogP contribution in [0, 0.1) is 12.8 Å². The molecule has 1 amide bonds. The molecule has 0 aliphatic heterocycles. The quantitative estimate of drug-likeness (QED) is 0.845. The molecule has 1 aromatic carbocycles. The molecule has 2 rings (SSSR count). The number of hydrogen-bond acceptors (Lipinski definition) is 4. The number of aryl methyl sites for hydroxylation is 1. The summed E-state index contributed by atoms with van der Waals surface area (Å²) in [4.78, 5) is 12.7. The fraction of sp³-hybridized carbons (Fsp3) is 0.611. The SMILES string of the molecule is COc1cc(C)c(C(=O)NC(CN)C2CCCCC2)cc1OC. The lowest BCUT2D eigenvalue weighted by Crippen LogP contribution is -2.46. The first-order chi connectivity index (χ1) is 11.1. The van der Waals surface area contributed by atoms with Gasteiger partial charge in [-0.2, -0.15) is 0 Å². The topological polar surface area (TPSA) is 73.6 Å². The Labute approximate surface area is 138 Å². The molecule has 1 unspecified atom stereocenters. The van der Waals surface area contributed by atoms with Crippen molar-refractivity contribution in [3.05, 3.63) is 23.3 Å². The van der Waals surface area contributed by atoms with Gasteiger partial charge >= 0.3 is 0 Å². The molecule has 5 heteroatoms. The van der Waals surface area contributed by atoms with E-state index in [-0.39, 0.29) is 11.9 Å². The van der Waals surface area contributed by atoms with E-state index in [1.807, 2.05) is 13.0 Å². The van der Waals surface area contributed by atoms with Crippen molar-refractivity contribution in [1.82, 2.24) is 5.32 Å². The number of methoxy groups -OCH3 is 2. The number of amides is 1. The molecule has 0 aromatic heterocycles. The lowest BCUT2D eigenvalue weighted by Gasteiger charge is -2.30. The van der Waals surface area contributed by atoms with Crippen LogP contribution in [0.25, 0.3) is 0 Å². The molecular weight excluding hydrogens is 292 g/mol. The van der Waals surface area contributed by atoms with E-state index in [1.54, 1.807) is 20.3 Å². The van der Waals surface area contributed by atoms with Crippen molar-refractivity contribution in [2.75, 3.05) is 20.8 Å². The highest BCUT2D eigenvalue weighted by Crippen LogP contribution is 2.31. The summed E-state index contributed by atoms with van der Waals surface area (Å²) in [5, 5.41) is 3.12. The molecule has 0 bridgehead atoms. The van der Waals surface area contributed by atoms with Crippen LogP contribution in [0.5, 0.6) is 11.5 Å². The summed E-state index contributed by atoms with van der Waals surface area (Å²) < 4.78 is 10.6. The van der Waals surface area contributed by atoms with E-state index < -0.39 is 0 Å². The largest absolute Gasteiger partial charge is 0.493 e. The Morgan fingerprint density at radius 1 is 1.22 bits per heavy atom. The van der Waals surface area contributed by atoms with Gasteiger partial charge in [0.25, 0.3) is 5.91 Å². The van der Waals surface area contributed by atoms with Crippen molar-refractivity contribution in [3.8, 4) is 11.5 Å². The number of carbonyl (C=O) groups is 1. The fourth-order valence-electron chi connectivity index (χ4n) is 3.38. The van der Waals surface area contributed by atoms with Crippen molar-refractivity contribution in [2.45, 2.75) is 45.1 Å². The summed E-state index contributed by atoms with van der Waals surface area (Å²) in [5.74, 6) is 1.58. The first-order valence-electron chi connectivity index (χ1n) is 8.34. The molecule has 128 valence electrons. The molecule has 3 N–H and O–H groups in total. The molecule has 1 saturated carbocycles. The molecule has 0 radical (unpaired) electrons. The van der Waals surface area contributed by atoms with Crippen LogP contribution < -0.4 is 20.5 Å². The van der Waals surface area contributed by atoms with E-state index in [2.05, 4.69) is 5.32 Å². The third-order valence-corrected chi connectivity index (χ3v) is 4.76. The van der Waals surface area contributed by atoms with Crippen LogP contribution in [0.15, 0.2) is 12.1 Å². The number of rotatable bonds is 6. The minimum absolute atomic E-state index is 0.0373. The van der Waals surface area contributed by atoms with Gasteiger partial charge in [-0.3, -0.25) is 4.79 Å². The summed E-state index contributed by atoms with van der Waals surface area (Å²) in [6.07, 6.45) is 6.04. The maximum atomic E-state index is 12.7. The molecular formula is C18H28N2O3. The second-order valence-electron chi connectivity index (χ2n) is 6.24. The van der Waals surface area contributed by atoms with Gasteiger partial charge in [-0.25, -0.2) is 0 Å². The number of carbonyl (C=O) groups excluding carboxylic acids is 1. The van der Waals surface area contributed by atoms with Crippen LogP contribution in [-0.4, -0.2) is 32.7 Å². The monoisotopic (exact) mass is 320 g/mol. The second-order valence-corrected chi connectivity index (χ2v) is 6.24. The van der Waals surface area contributed by atoms with Crippen LogP contribution in [0.3, 0.4) is 0 Å². The number of nitrogens with two attached hydrogens (primary N) is 1. The van der Waals surface area contributed by atoms with Crippen LogP contribution in [0.4, 0.5) is 0 Å². The Morgan fingerprint density at radius 2 is 1.83 bits per heavy atom.